The molecular formula is C18H20N4O3. The van der Waals surface area contributed by atoms with Crippen LogP contribution in [0.5, 0.6) is 5.88 Å². The Morgan fingerprint density at radius 2 is 2.00 bits per heavy atom. The molecule has 0 amide bonds. The average molecular weight is 340 g/mol. The maximum atomic E-state index is 11.8. The predicted octanol–water partition coefficient (Wildman–Crippen LogP) is 2.96. The van der Waals surface area contributed by atoms with E-state index < -0.39 is 5.97 Å². The molecule has 1 N–H and O–H groups in total. The van der Waals surface area contributed by atoms with Gasteiger partial charge in [-0.3, -0.25) is 0 Å². The summed E-state index contributed by atoms with van der Waals surface area (Å²) >= 11 is 0. The van der Waals surface area contributed by atoms with Crippen LogP contribution in [-0.4, -0.2) is 34.1 Å². The van der Waals surface area contributed by atoms with Crippen LogP contribution in [0.25, 0.3) is 0 Å². The van der Waals surface area contributed by atoms with Crippen LogP contribution in [0.2, 0.25) is 0 Å². The average Bonchev–Trinajstić information content (AvgIpc) is 3.11. The van der Waals surface area contributed by atoms with Gasteiger partial charge in [-0.2, -0.15) is 5.26 Å². The van der Waals surface area contributed by atoms with E-state index in [0.29, 0.717) is 11.5 Å². The van der Waals surface area contributed by atoms with Crippen molar-refractivity contribution in [3.63, 3.8) is 0 Å². The van der Waals surface area contributed by atoms with Gasteiger partial charge in [0.15, 0.2) is 0 Å². The summed E-state index contributed by atoms with van der Waals surface area (Å²) in [5.74, 6) is 0.170. The summed E-state index contributed by atoms with van der Waals surface area (Å²) in [5, 5.41) is 18.9. The molecule has 1 fully saturated rings. The zero-order valence-corrected chi connectivity index (χ0v) is 14.1. The van der Waals surface area contributed by atoms with Gasteiger partial charge in [0.05, 0.1) is 18.2 Å². The largest absolute Gasteiger partial charge is 0.472 e. The summed E-state index contributed by atoms with van der Waals surface area (Å²) in [6.45, 7) is 2.03. The van der Waals surface area contributed by atoms with Crippen LogP contribution in [0.4, 0.5) is 0 Å². The van der Waals surface area contributed by atoms with Gasteiger partial charge in [0.2, 0.25) is 5.69 Å². The van der Waals surface area contributed by atoms with Crippen molar-refractivity contribution in [2.75, 3.05) is 6.61 Å². The second-order valence-electron chi connectivity index (χ2n) is 6.04. The number of hydrogen-bond acceptors (Lipinski definition) is 6. The number of esters is 1. The minimum absolute atomic E-state index is 0.00732. The van der Waals surface area contributed by atoms with Crippen LogP contribution < -0.4 is 4.74 Å². The van der Waals surface area contributed by atoms with E-state index in [0.717, 1.165) is 25.7 Å². The normalized spacial score (nSPS) is 19.8. The lowest BCUT2D eigenvalue weighted by molar-refractivity contribution is 0.0508. The van der Waals surface area contributed by atoms with E-state index in [2.05, 4.69) is 21.5 Å². The SMILES string of the molecule is CCOC(=O)c1[nH]nnc1O[C@H]1CC[C@H](c2ccc(C#N)cc2)CC1. The van der Waals surface area contributed by atoms with Crippen molar-refractivity contribution in [1.29, 1.82) is 5.26 Å². The highest BCUT2D eigenvalue weighted by Gasteiger charge is 2.26. The monoisotopic (exact) mass is 340 g/mol. The Hall–Kier alpha value is -2.88. The molecule has 0 saturated heterocycles. The van der Waals surface area contributed by atoms with E-state index in [-0.39, 0.29) is 24.3 Å². The molecular weight excluding hydrogens is 320 g/mol. The summed E-state index contributed by atoms with van der Waals surface area (Å²) in [5.41, 5.74) is 2.10. The Kier molecular flexibility index (Phi) is 5.29. The first-order valence-corrected chi connectivity index (χ1v) is 8.46. The number of aromatic amines is 1. The van der Waals surface area contributed by atoms with Crippen LogP contribution >= 0.6 is 0 Å². The number of nitriles is 1. The standard InChI is InChI=1S/C18H20N4O3/c1-2-24-18(23)16-17(21-22-20-16)25-15-9-7-14(8-10-15)13-5-3-12(11-19)4-6-13/h3-6,14-15H,2,7-10H2,1H3,(H,20,21,22)/t14-,15-. The Labute approximate surface area is 145 Å². The van der Waals surface area contributed by atoms with E-state index in [1.54, 1.807) is 6.92 Å². The number of aromatic nitrogens is 3. The number of nitrogens with one attached hydrogen (secondary N) is 1. The van der Waals surface area contributed by atoms with Gasteiger partial charge in [-0.1, -0.05) is 22.4 Å². The van der Waals surface area contributed by atoms with Crippen LogP contribution in [0.1, 0.15) is 60.1 Å². The zero-order valence-electron chi connectivity index (χ0n) is 14.1. The molecule has 0 spiro atoms. The van der Waals surface area contributed by atoms with E-state index >= 15 is 0 Å². The Balaban J connectivity index is 1.57. The highest BCUT2D eigenvalue weighted by Crippen LogP contribution is 2.34. The fourth-order valence-electron chi connectivity index (χ4n) is 3.14. The fourth-order valence-corrected chi connectivity index (χ4v) is 3.14. The van der Waals surface area contributed by atoms with Gasteiger partial charge in [0.25, 0.3) is 5.88 Å². The molecule has 0 bridgehead atoms. The smallest absolute Gasteiger partial charge is 0.362 e. The van der Waals surface area contributed by atoms with E-state index in [9.17, 15) is 4.79 Å². The molecule has 1 aromatic heterocycles. The van der Waals surface area contributed by atoms with Gasteiger partial charge in [-0.15, -0.1) is 0 Å². The van der Waals surface area contributed by atoms with E-state index in [1.165, 1.54) is 5.56 Å². The van der Waals surface area contributed by atoms with Gasteiger partial charge in [0, 0.05) is 0 Å². The molecule has 0 atom stereocenters. The first-order valence-electron chi connectivity index (χ1n) is 8.46. The second kappa shape index (κ2) is 7.79. The summed E-state index contributed by atoms with van der Waals surface area (Å²) in [6.07, 6.45) is 3.74. The quantitative estimate of drug-likeness (QED) is 0.840. The lowest BCUT2D eigenvalue weighted by atomic mass is 9.82. The molecule has 3 rings (SSSR count). The van der Waals surface area contributed by atoms with Crippen molar-refractivity contribution in [3.05, 3.63) is 41.1 Å². The summed E-state index contributed by atoms with van der Waals surface area (Å²) in [6, 6.07) is 9.92. The van der Waals surface area contributed by atoms with Crippen LogP contribution in [0.15, 0.2) is 24.3 Å². The first kappa shape index (κ1) is 17.0. The van der Waals surface area contributed by atoms with Crippen LogP contribution in [-0.2, 0) is 4.74 Å². The highest BCUT2D eigenvalue weighted by atomic mass is 16.5. The Morgan fingerprint density at radius 3 is 2.64 bits per heavy atom. The van der Waals surface area contributed by atoms with Crippen molar-refractivity contribution >= 4 is 5.97 Å². The van der Waals surface area contributed by atoms with Crippen LogP contribution in [0.3, 0.4) is 0 Å². The molecule has 0 aliphatic heterocycles. The van der Waals surface area contributed by atoms with Crippen molar-refractivity contribution in [2.24, 2.45) is 0 Å². The summed E-state index contributed by atoms with van der Waals surface area (Å²) in [4.78, 5) is 11.8. The van der Waals surface area contributed by atoms with Crippen molar-refractivity contribution < 1.29 is 14.3 Å². The maximum Gasteiger partial charge on any atom is 0.362 e. The third-order valence-electron chi connectivity index (χ3n) is 4.46. The minimum atomic E-state index is -0.506. The van der Waals surface area contributed by atoms with Gasteiger partial charge >= 0.3 is 5.97 Å². The number of hydrogen-bond donors (Lipinski definition) is 1. The van der Waals surface area contributed by atoms with Crippen molar-refractivity contribution in [3.8, 4) is 11.9 Å². The van der Waals surface area contributed by atoms with Gasteiger partial charge in [0.1, 0.15) is 6.10 Å². The number of H-pyrrole nitrogens is 1. The minimum Gasteiger partial charge on any atom is -0.472 e. The molecule has 0 radical (unpaired) electrons. The van der Waals surface area contributed by atoms with Gasteiger partial charge < -0.3 is 9.47 Å². The summed E-state index contributed by atoms with van der Waals surface area (Å²) < 4.78 is 10.8. The number of nitrogens with zero attached hydrogens (tertiary/aromatic N) is 3. The molecule has 1 saturated carbocycles. The number of benzene rings is 1. The van der Waals surface area contributed by atoms with Gasteiger partial charge in [-0.25, -0.2) is 9.89 Å². The summed E-state index contributed by atoms with van der Waals surface area (Å²) in [7, 11) is 0. The van der Waals surface area contributed by atoms with E-state index in [1.807, 2.05) is 24.3 Å². The Morgan fingerprint density at radius 1 is 1.28 bits per heavy atom. The molecule has 1 aromatic carbocycles. The molecule has 1 aliphatic rings. The Bertz CT molecular complexity index is 755. The van der Waals surface area contributed by atoms with Crippen LogP contribution in [0, 0.1) is 11.3 Å². The molecule has 2 aromatic rings. The molecule has 0 unspecified atom stereocenters. The van der Waals surface area contributed by atoms with Crippen molar-refractivity contribution in [1.82, 2.24) is 15.4 Å². The molecule has 130 valence electrons. The fraction of sp³-hybridized carbons (Fsp3) is 0.444. The molecule has 25 heavy (non-hydrogen) atoms. The molecule has 7 heteroatoms. The number of ether oxygens (including phenoxy) is 2. The molecule has 1 aliphatic carbocycles. The second-order valence-corrected chi connectivity index (χ2v) is 6.04. The highest BCUT2D eigenvalue weighted by molar-refractivity contribution is 5.89. The molecule has 7 nitrogen and oxygen atoms in total. The topological polar surface area (TPSA) is 101 Å². The maximum absolute atomic E-state index is 11.8. The third kappa shape index (κ3) is 3.97. The number of carbonyl (C=O) groups excluding carboxylic acids is 1. The number of carbonyl (C=O) groups is 1. The van der Waals surface area contributed by atoms with E-state index in [4.69, 9.17) is 14.7 Å². The van der Waals surface area contributed by atoms with Crippen molar-refractivity contribution in [2.45, 2.75) is 44.6 Å². The third-order valence-corrected chi connectivity index (χ3v) is 4.46. The zero-order chi connectivity index (χ0) is 17.6. The molecule has 1 heterocycles. The van der Waals surface area contributed by atoms with Gasteiger partial charge in [-0.05, 0) is 56.2 Å². The number of rotatable bonds is 5. The lowest BCUT2D eigenvalue weighted by Gasteiger charge is -2.28. The lowest BCUT2D eigenvalue weighted by Crippen LogP contribution is -2.24. The first-order chi connectivity index (χ1) is 12.2. The predicted molar refractivity (Wildman–Crippen MR) is 89.1 cm³/mol.